The lowest BCUT2D eigenvalue weighted by atomic mass is 9.79. The number of thiophene rings is 1. The molecule has 0 saturated carbocycles. The van der Waals surface area contributed by atoms with Gasteiger partial charge in [-0.25, -0.2) is 0 Å². The van der Waals surface area contributed by atoms with Crippen molar-refractivity contribution in [2.75, 3.05) is 17.7 Å². The van der Waals surface area contributed by atoms with Gasteiger partial charge in [0.15, 0.2) is 5.78 Å². The maximum Gasteiger partial charge on any atom is 0.163 e. The summed E-state index contributed by atoms with van der Waals surface area (Å²) >= 11 is 1.68. The molecule has 2 heterocycles. The summed E-state index contributed by atoms with van der Waals surface area (Å²) in [5.74, 6) is 1.16. The molecule has 4 nitrogen and oxygen atoms in total. The molecule has 2 atom stereocenters. The van der Waals surface area contributed by atoms with Crippen molar-refractivity contribution in [3.63, 3.8) is 0 Å². The number of nitrogens with one attached hydrogen (secondary N) is 2. The molecule has 2 aliphatic rings. The smallest absolute Gasteiger partial charge is 0.163 e. The molecule has 0 spiro atoms. The molecule has 0 saturated heterocycles. The van der Waals surface area contributed by atoms with Crippen LogP contribution in [0.2, 0.25) is 0 Å². The lowest BCUT2D eigenvalue weighted by Gasteiger charge is -2.29. The van der Waals surface area contributed by atoms with Crippen molar-refractivity contribution in [3.05, 3.63) is 87.8 Å². The number of fused-ring (bicyclic) bond motifs is 1. The summed E-state index contributed by atoms with van der Waals surface area (Å²) < 4.78 is 5.39. The minimum atomic E-state index is -0.125. The van der Waals surface area contributed by atoms with E-state index >= 15 is 0 Å². The van der Waals surface area contributed by atoms with Crippen LogP contribution in [-0.2, 0) is 4.79 Å². The Morgan fingerprint density at radius 1 is 1.00 bits per heavy atom. The van der Waals surface area contributed by atoms with Crippen molar-refractivity contribution >= 4 is 28.5 Å². The maximum absolute atomic E-state index is 13.4. The number of hydrogen-bond donors (Lipinski definition) is 2. The molecule has 0 bridgehead atoms. The van der Waals surface area contributed by atoms with Gasteiger partial charge in [-0.1, -0.05) is 30.3 Å². The van der Waals surface area contributed by atoms with E-state index in [0.717, 1.165) is 45.3 Å². The Bertz CT molecular complexity index is 1090. The van der Waals surface area contributed by atoms with E-state index in [4.69, 9.17) is 4.74 Å². The summed E-state index contributed by atoms with van der Waals surface area (Å²) in [4.78, 5) is 14.6. The number of carbonyl (C=O) groups excluding carboxylic acids is 1. The van der Waals surface area contributed by atoms with E-state index in [-0.39, 0.29) is 17.7 Å². The van der Waals surface area contributed by atoms with E-state index in [2.05, 4.69) is 40.3 Å². The molecule has 5 rings (SSSR count). The van der Waals surface area contributed by atoms with Gasteiger partial charge in [0, 0.05) is 22.6 Å². The molecule has 2 N–H and O–H groups in total. The molecule has 1 aliphatic heterocycles. The Labute approximate surface area is 174 Å². The van der Waals surface area contributed by atoms with E-state index in [1.165, 1.54) is 0 Å². The number of allylic oxidation sites excluding steroid dienone is 1. The Morgan fingerprint density at radius 3 is 2.66 bits per heavy atom. The lowest BCUT2D eigenvalue weighted by molar-refractivity contribution is -0.116. The maximum atomic E-state index is 13.4. The Hall–Kier alpha value is -3.05. The van der Waals surface area contributed by atoms with Crippen molar-refractivity contribution < 1.29 is 9.53 Å². The van der Waals surface area contributed by atoms with Crippen LogP contribution in [0.1, 0.15) is 35.2 Å². The van der Waals surface area contributed by atoms with Gasteiger partial charge in [0.25, 0.3) is 0 Å². The zero-order valence-electron chi connectivity index (χ0n) is 16.1. The van der Waals surface area contributed by atoms with Gasteiger partial charge in [0.2, 0.25) is 0 Å². The zero-order chi connectivity index (χ0) is 19.8. The normalized spacial score (nSPS) is 20.8. The fourth-order valence-electron chi connectivity index (χ4n) is 4.29. The quantitative estimate of drug-likeness (QED) is 0.587. The first-order chi connectivity index (χ1) is 14.2. The summed E-state index contributed by atoms with van der Waals surface area (Å²) in [6, 6.07) is 20.2. The van der Waals surface area contributed by atoms with Gasteiger partial charge < -0.3 is 15.4 Å². The number of anilines is 2. The molecule has 2 aromatic carbocycles. The predicted molar refractivity (Wildman–Crippen MR) is 118 cm³/mol. The van der Waals surface area contributed by atoms with Crippen LogP contribution < -0.4 is 15.4 Å². The van der Waals surface area contributed by atoms with E-state index < -0.39 is 0 Å². The third kappa shape index (κ3) is 3.32. The van der Waals surface area contributed by atoms with Crippen LogP contribution >= 0.6 is 11.3 Å². The molecule has 0 unspecified atom stereocenters. The first kappa shape index (κ1) is 18.0. The number of ether oxygens (including phenoxy) is 1. The highest BCUT2D eigenvalue weighted by Crippen LogP contribution is 2.45. The summed E-state index contributed by atoms with van der Waals surface area (Å²) in [5.41, 5.74) is 5.06. The van der Waals surface area contributed by atoms with E-state index in [1.807, 2.05) is 36.4 Å². The fraction of sp³-hybridized carbons (Fsp3) is 0.208. The first-order valence-electron chi connectivity index (χ1n) is 9.79. The largest absolute Gasteiger partial charge is 0.497 e. The number of methoxy groups -OCH3 is 1. The van der Waals surface area contributed by atoms with Crippen molar-refractivity contribution in [1.29, 1.82) is 0 Å². The molecule has 3 aromatic rings. The Balaban J connectivity index is 1.58. The van der Waals surface area contributed by atoms with Gasteiger partial charge in [0.05, 0.1) is 24.5 Å². The van der Waals surface area contributed by atoms with Crippen LogP contribution in [0.5, 0.6) is 5.75 Å². The van der Waals surface area contributed by atoms with E-state index in [0.29, 0.717) is 6.42 Å². The molecule has 1 aromatic heterocycles. The molecular formula is C24H22N2O2S. The molecule has 0 amide bonds. The Morgan fingerprint density at radius 2 is 1.86 bits per heavy atom. The van der Waals surface area contributed by atoms with Crippen LogP contribution in [0.15, 0.2) is 77.3 Å². The van der Waals surface area contributed by atoms with Gasteiger partial charge in [0.1, 0.15) is 5.75 Å². The SMILES string of the molecule is COc1cccc([C@H]2CC(=O)C3=C(C2)Nc2ccccc2N[C@H]3c2cccs2)c1. The third-order valence-corrected chi connectivity index (χ3v) is 6.64. The van der Waals surface area contributed by atoms with Gasteiger partial charge >= 0.3 is 0 Å². The van der Waals surface area contributed by atoms with Crippen molar-refractivity contribution in [3.8, 4) is 5.75 Å². The fourth-order valence-corrected chi connectivity index (χ4v) is 5.08. The minimum Gasteiger partial charge on any atom is -0.497 e. The van der Waals surface area contributed by atoms with Gasteiger partial charge in [-0.15, -0.1) is 11.3 Å². The number of para-hydroxylation sites is 2. The summed E-state index contributed by atoms with van der Waals surface area (Å²) in [6.07, 6.45) is 1.31. The van der Waals surface area contributed by atoms with Crippen LogP contribution in [0.25, 0.3) is 0 Å². The van der Waals surface area contributed by atoms with E-state index in [1.54, 1.807) is 18.4 Å². The van der Waals surface area contributed by atoms with Crippen LogP contribution in [0.3, 0.4) is 0 Å². The number of ketones is 1. The first-order valence-corrected chi connectivity index (χ1v) is 10.7. The zero-order valence-corrected chi connectivity index (χ0v) is 17.0. The molecule has 146 valence electrons. The van der Waals surface area contributed by atoms with Crippen molar-refractivity contribution in [1.82, 2.24) is 0 Å². The predicted octanol–water partition coefficient (Wildman–Crippen LogP) is 5.74. The molecule has 0 fully saturated rings. The van der Waals surface area contributed by atoms with Crippen LogP contribution in [0, 0.1) is 0 Å². The number of benzene rings is 2. The summed E-state index contributed by atoms with van der Waals surface area (Å²) in [6.45, 7) is 0. The van der Waals surface area contributed by atoms with Gasteiger partial charge in [-0.2, -0.15) is 0 Å². The number of carbonyl (C=O) groups is 1. The highest BCUT2D eigenvalue weighted by atomic mass is 32.1. The number of rotatable bonds is 3. The van der Waals surface area contributed by atoms with Crippen molar-refractivity contribution in [2.24, 2.45) is 0 Å². The monoisotopic (exact) mass is 402 g/mol. The van der Waals surface area contributed by atoms with Gasteiger partial charge in [-0.3, -0.25) is 4.79 Å². The minimum absolute atomic E-state index is 0.125. The molecule has 1 aliphatic carbocycles. The Kier molecular flexibility index (Phi) is 4.60. The highest BCUT2D eigenvalue weighted by Gasteiger charge is 2.36. The third-order valence-electron chi connectivity index (χ3n) is 5.70. The molecule has 5 heteroatoms. The second-order valence-corrected chi connectivity index (χ2v) is 8.44. The second-order valence-electron chi connectivity index (χ2n) is 7.46. The van der Waals surface area contributed by atoms with Gasteiger partial charge in [-0.05, 0) is 53.6 Å². The average Bonchev–Trinajstić information content (AvgIpc) is 3.22. The number of hydrogen-bond acceptors (Lipinski definition) is 5. The topological polar surface area (TPSA) is 50.4 Å². The molecular weight excluding hydrogens is 380 g/mol. The summed E-state index contributed by atoms with van der Waals surface area (Å²) in [7, 11) is 1.67. The van der Waals surface area contributed by atoms with Crippen LogP contribution in [0.4, 0.5) is 11.4 Å². The van der Waals surface area contributed by atoms with Crippen LogP contribution in [-0.4, -0.2) is 12.9 Å². The second kappa shape index (κ2) is 7.41. The van der Waals surface area contributed by atoms with E-state index in [9.17, 15) is 4.79 Å². The molecule has 0 radical (unpaired) electrons. The van der Waals surface area contributed by atoms with Crippen molar-refractivity contribution in [2.45, 2.75) is 24.8 Å². The summed E-state index contributed by atoms with van der Waals surface area (Å²) in [5, 5.41) is 9.26. The highest BCUT2D eigenvalue weighted by molar-refractivity contribution is 7.10. The lowest BCUT2D eigenvalue weighted by Crippen LogP contribution is -2.26. The average molecular weight is 403 g/mol. The standard InChI is InChI=1S/C24H22N2O2S/c1-28-17-7-4-6-15(12-17)16-13-20-23(21(27)14-16)24(22-10-5-11-29-22)26-19-9-3-2-8-18(19)25-20/h2-12,16,24-26H,13-14H2,1H3/t16-,24+/m1/s1. The molecule has 29 heavy (non-hydrogen) atoms. The number of Topliss-reactive ketones (excluding diaryl/α,β-unsaturated/α-hetero) is 1.